The molecular formula is C13H20N6OS. The number of nitrogens with one attached hydrogen (secondary N) is 1. The highest BCUT2D eigenvalue weighted by molar-refractivity contribution is 7.09. The molecular weight excluding hydrogens is 288 g/mol. The summed E-state index contributed by atoms with van der Waals surface area (Å²) in [5, 5.41) is 18.1. The molecule has 2 aromatic heterocycles. The van der Waals surface area contributed by atoms with Crippen molar-refractivity contribution in [3.8, 4) is 0 Å². The van der Waals surface area contributed by atoms with E-state index in [1.54, 1.807) is 4.68 Å². The number of aromatic nitrogens is 4. The van der Waals surface area contributed by atoms with Crippen molar-refractivity contribution in [2.45, 2.75) is 25.0 Å². The predicted molar refractivity (Wildman–Crippen MR) is 82.5 cm³/mol. The largest absolute Gasteiger partial charge is 0.393 e. The molecule has 0 radical (unpaired) electrons. The smallest absolute Gasteiger partial charge is 0.238 e. The maximum atomic E-state index is 9.58. The lowest BCUT2D eigenvalue weighted by Gasteiger charge is -2.37. The van der Waals surface area contributed by atoms with Crippen LogP contribution in [0.25, 0.3) is 0 Å². The van der Waals surface area contributed by atoms with Gasteiger partial charge in [-0.05, 0) is 18.8 Å². The van der Waals surface area contributed by atoms with Gasteiger partial charge in [-0.25, -0.2) is 0 Å². The molecule has 0 amide bonds. The Balaban J connectivity index is 1.78. The zero-order valence-corrected chi connectivity index (χ0v) is 13.2. The number of hydrogen-bond donors (Lipinski definition) is 2. The van der Waals surface area contributed by atoms with Crippen LogP contribution in [0.4, 0.5) is 11.1 Å². The number of anilines is 2. The van der Waals surface area contributed by atoms with E-state index in [4.69, 9.17) is 0 Å². The van der Waals surface area contributed by atoms with Gasteiger partial charge in [0.1, 0.15) is 0 Å². The molecule has 1 aliphatic carbocycles. The zero-order valence-electron chi connectivity index (χ0n) is 12.4. The van der Waals surface area contributed by atoms with Gasteiger partial charge in [0, 0.05) is 44.4 Å². The third kappa shape index (κ3) is 3.01. The first-order valence-electron chi connectivity index (χ1n) is 6.97. The molecule has 2 N–H and O–H groups in total. The van der Waals surface area contributed by atoms with Gasteiger partial charge >= 0.3 is 0 Å². The van der Waals surface area contributed by atoms with E-state index >= 15 is 0 Å². The third-order valence-electron chi connectivity index (χ3n) is 3.80. The Morgan fingerprint density at radius 3 is 2.76 bits per heavy atom. The highest BCUT2D eigenvalue weighted by Crippen LogP contribution is 2.40. The van der Waals surface area contributed by atoms with Gasteiger partial charge in [-0.2, -0.15) is 14.5 Å². The lowest BCUT2D eigenvalue weighted by Crippen LogP contribution is -2.35. The normalized spacial score (nSPS) is 22.7. The van der Waals surface area contributed by atoms with Crippen LogP contribution in [-0.2, 0) is 7.05 Å². The number of aryl methyl sites for hydroxylation is 1. The Kier molecular flexibility index (Phi) is 3.81. The molecule has 2 aromatic rings. The van der Waals surface area contributed by atoms with Crippen molar-refractivity contribution >= 4 is 22.6 Å². The number of hydrogen-bond acceptors (Lipinski definition) is 7. The van der Waals surface area contributed by atoms with Gasteiger partial charge in [0.05, 0.1) is 18.3 Å². The first kappa shape index (κ1) is 14.3. The summed E-state index contributed by atoms with van der Waals surface area (Å²) in [4.78, 5) is 6.36. The molecule has 0 saturated heterocycles. The summed E-state index contributed by atoms with van der Waals surface area (Å²) in [6.45, 7) is 0. The Labute approximate surface area is 127 Å². The Morgan fingerprint density at radius 2 is 2.24 bits per heavy atom. The maximum Gasteiger partial charge on any atom is 0.238 e. The molecule has 1 fully saturated rings. The molecule has 0 aliphatic heterocycles. The first-order chi connectivity index (χ1) is 10.0. The molecule has 1 aliphatic rings. The van der Waals surface area contributed by atoms with E-state index in [1.165, 1.54) is 11.5 Å². The Hall–Kier alpha value is -1.67. The number of rotatable bonds is 5. The summed E-state index contributed by atoms with van der Waals surface area (Å²) < 4.78 is 6.11. The van der Waals surface area contributed by atoms with Crippen LogP contribution in [0.5, 0.6) is 0 Å². The molecule has 21 heavy (non-hydrogen) atoms. The molecule has 8 heteroatoms. The standard InChI is InChI=1S/C13H20N6OS/c1-18(2)12-16-13(21-17-12)15-11(8-4-10(20)5-8)9-6-14-19(3)7-9/h6-8,10-11,20H,4-5H2,1-3H3,(H,15,16,17)/t8?,10?,11-/m0/s1. The molecule has 1 saturated carbocycles. The van der Waals surface area contributed by atoms with Crippen LogP contribution in [0, 0.1) is 5.92 Å². The van der Waals surface area contributed by atoms with Crippen molar-refractivity contribution in [2.24, 2.45) is 13.0 Å². The molecule has 2 heterocycles. The number of aliphatic hydroxyl groups excluding tert-OH is 1. The molecule has 0 unspecified atom stereocenters. The summed E-state index contributed by atoms with van der Waals surface area (Å²) in [6.07, 6.45) is 5.33. The quantitative estimate of drug-likeness (QED) is 0.866. The molecule has 0 spiro atoms. The topological polar surface area (TPSA) is 79.1 Å². The van der Waals surface area contributed by atoms with Crippen molar-refractivity contribution in [1.82, 2.24) is 19.1 Å². The summed E-state index contributed by atoms with van der Waals surface area (Å²) in [6, 6.07) is 0.116. The van der Waals surface area contributed by atoms with Crippen LogP contribution < -0.4 is 10.2 Å². The van der Waals surface area contributed by atoms with Gasteiger partial charge in [0.2, 0.25) is 11.1 Å². The molecule has 1 atom stereocenters. The SMILES string of the molecule is CN(C)c1nsc(N[C@H](c2cnn(C)c2)C2CC(O)C2)n1. The van der Waals surface area contributed by atoms with E-state index in [0.717, 1.165) is 23.5 Å². The van der Waals surface area contributed by atoms with Crippen LogP contribution >= 0.6 is 11.5 Å². The lowest BCUT2D eigenvalue weighted by atomic mass is 9.75. The van der Waals surface area contributed by atoms with E-state index in [9.17, 15) is 5.11 Å². The van der Waals surface area contributed by atoms with Gasteiger partial charge in [-0.3, -0.25) is 4.68 Å². The molecule has 0 aromatic carbocycles. The minimum atomic E-state index is -0.178. The predicted octanol–water partition coefficient (Wildman–Crippen LogP) is 1.26. The van der Waals surface area contributed by atoms with Crippen LogP contribution in [0.15, 0.2) is 12.4 Å². The van der Waals surface area contributed by atoms with Crippen molar-refractivity contribution in [3.05, 3.63) is 18.0 Å². The summed E-state index contributed by atoms with van der Waals surface area (Å²) in [7, 11) is 5.75. The van der Waals surface area contributed by atoms with Crippen LogP contribution in [0.2, 0.25) is 0 Å². The van der Waals surface area contributed by atoms with Gasteiger partial charge in [-0.15, -0.1) is 0 Å². The fourth-order valence-electron chi connectivity index (χ4n) is 2.57. The lowest BCUT2D eigenvalue weighted by molar-refractivity contribution is 0.0340. The fraction of sp³-hybridized carbons (Fsp3) is 0.615. The van der Waals surface area contributed by atoms with E-state index in [1.807, 2.05) is 38.4 Å². The van der Waals surface area contributed by atoms with Crippen LogP contribution in [0.3, 0.4) is 0 Å². The summed E-state index contributed by atoms with van der Waals surface area (Å²) in [5.74, 6) is 1.11. The highest BCUT2D eigenvalue weighted by atomic mass is 32.1. The second kappa shape index (κ2) is 5.61. The monoisotopic (exact) mass is 308 g/mol. The summed E-state index contributed by atoms with van der Waals surface area (Å²) >= 11 is 1.36. The van der Waals surface area contributed by atoms with Crippen molar-refractivity contribution in [1.29, 1.82) is 0 Å². The van der Waals surface area contributed by atoms with E-state index in [0.29, 0.717) is 11.9 Å². The fourth-order valence-corrected chi connectivity index (χ4v) is 3.24. The minimum absolute atomic E-state index is 0.116. The average Bonchev–Trinajstić information content (AvgIpc) is 3.01. The highest BCUT2D eigenvalue weighted by Gasteiger charge is 2.35. The van der Waals surface area contributed by atoms with Crippen molar-refractivity contribution in [3.63, 3.8) is 0 Å². The van der Waals surface area contributed by atoms with E-state index in [2.05, 4.69) is 19.8 Å². The van der Waals surface area contributed by atoms with Gasteiger partial charge in [-0.1, -0.05) is 0 Å². The van der Waals surface area contributed by atoms with Crippen LogP contribution in [0.1, 0.15) is 24.4 Å². The first-order valence-corrected chi connectivity index (χ1v) is 7.74. The molecule has 3 rings (SSSR count). The van der Waals surface area contributed by atoms with Crippen molar-refractivity contribution in [2.75, 3.05) is 24.3 Å². The molecule has 114 valence electrons. The number of nitrogens with zero attached hydrogens (tertiary/aromatic N) is 5. The van der Waals surface area contributed by atoms with Crippen LogP contribution in [-0.4, -0.2) is 44.4 Å². The van der Waals surface area contributed by atoms with E-state index in [-0.39, 0.29) is 12.1 Å². The minimum Gasteiger partial charge on any atom is -0.393 e. The second-order valence-electron chi connectivity index (χ2n) is 5.75. The van der Waals surface area contributed by atoms with Crippen molar-refractivity contribution < 1.29 is 5.11 Å². The van der Waals surface area contributed by atoms with Gasteiger partial charge < -0.3 is 15.3 Å². The van der Waals surface area contributed by atoms with Gasteiger partial charge in [0.15, 0.2) is 0 Å². The average molecular weight is 308 g/mol. The number of aliphatic hydroxyl groups is 1. The zero-order chi connectivity index (χ0) is 15.0. The Bertz CT molecular complexity index is 603. The second-order valence-corrected chi connectivity index (χ2v) is 6.50. The maximum absolute atomic E-state index is 9.58. The molecule has 0 bridgehead atoms. The van der Waals surface area contributed by atoms with Gasteiger partial charge in [0.25, 0.3) is 0 Å². The third-order valence-corrected chi connectivity index (χ3v) is 4.44. The Morgan fingerprint density at radius 1 is 1.48 bits per heavy atom. The van der Waals surface area contributed by atoms with E-state index < -0.39 is 0 Å². The molecule has 7 nitrogen and oxygen atoms in total. The summed E-state index contributed by atoms with van der Waals surface area (Å²) in [5.41, 5.74) is 1.12.